The largest absolute Gasteiger partial charge is 0.353 e. The highest BCUT2D eigenvalue weighted by Gasteiger charge is 2.23. The van der Waals surface area contributed by atoms with E-state index >= 15 is 0 Å². The van der Waals surface area contributed by atoms with Gasteiger partial charge in [-0.1, -0.05) is 42.1 Å². The van der Waals surface area contributed by atoms with Crippen molar-refractivity contribution in [1.29, 1.82) is 0 Å². The number of amides is 1. The van der Waals surface area contributed by atoms with Crippen molar-refractivity contribution in [3.8, 4) is 5.69 Å². The summed E-state index contributed by atoms with van der Waals surface area (Å²) in [5, 5.41) is 0.682. The second kappa shape index (κ2) is 9.64. The topological polar surface area (TPSA) is 71.3 Å². The number of thioether (sulfide) groups is 1. The van der Waals surface area contributed by atoms with E-state index < -0.39 is 5.82 Å². The molecule has 0 bridgehead atoms. The van der Waals surface area contributed by atoms with Gasteiger partial charge in [0.2, 0.25) is 5.91 Å². The van der Waals surface area contributed by atoms with Gasteiger partial charge in [-0.15, -0.1) is 0 Å². The third-order valence-electron chi connectivity index (χ3n) is 5.77. The van der Waals surface area contributed by atoms with Gasteiger partial charge < -0.3 is 9.80 Å². The van der Waals surface area contributed by atoms with Gasteiger partial charge in [0.1, 0.15) is 11.6 Å². The van der Waals surface area contributed by atoms with Crippen molar-refractivity contribution in [3.05, 3.63) is 89.1 Å². The normalized spacial score (nSPS) is 13.9. The summed E-state index contributed by atoms with van der Waals surface area (Å²) in [6.07, 6.45) is 1.76. The Morgan fingerprint density at radius 1 is 0.941 bits per heavy atom. The molecule has 1 aliphatic heterocycles. The Hall–Kier alpha value is -3.72. The predicted molar refractivity (Wildman–Crippen MR) is 131 cm³/mol. The van der Waals surface area contributed by atoms with E-state index in [1.165, 1.54) is 16.7 Å². The second-order valence-electron chi connectivity index (χ2n) is 7.85. The van der Waals surface area contributed by atoms with Gasteiger partial charge in [-0.3, -0.25) is 14.2 Å². The molecule has 1 saturated heterocycles. The molecule has 9 heteroatoms. The van der Waals surface area contributed by atoms with Crippen LogP contribution in [-0.2, 0) is 4.79 Å². The summed E-state index contributed by atoms with van der Waals surface area (Å²) in [5.41, 5.74) is 0.262. The fourth-order valence-electron chi connectivity index (χ4n) is 4.00. The number of rotatable bonds is 5. The number of para-hydroxylation sites is 2. The lowest BCUT2D eigenvalue weighted by molar-refractivity contribution is -0.128. The Morgan fingerprint density at radius 3 is 2.44 bits per heavy atom. The van der Waals surface area contributed by atoms with Gasteiger partial charge in [0.25, 0.3) is 5.56 Å². The van der Waals surface area contributed by atoms with E-state index in [1.807, 2.05) is 18.2 Å². The molecule has 172 valence electrons. The van der Waals surface area contributed by atoms with Crippen molar-refractivity contribution >= 4 is 34.4 Å². The summed E-state index contributed by atoms with van der Waals surface area (Å²) in [6.45, 7) is 2.56. The fourth-order valence-corrected chi connectivity index (χ4v) is 4.91. The molecule has 1 amide bonds. The first kappa shape index (κ1) is 22.1. The molecule has 4 aromatic rings. The number of fused-ring (bicyclic) bond motifs is 1. The first-order valence-corrected chi connectivity index (χ1v) is 11.9. The van der Waals surface area contributed by atoms with Gasteiger partial charge in [-0.25, -0.2) is 14.4 Å². The smallest absolute Gasteiger partial charge is 0.266 e. The van der Waals surface area contributed by atoms with Crippen LogP contribution in [0.2, 0.25) is 0 Å². The van der Waals surface area contributed by atoms with Crippen LogP contribution in [0.25, 0.3) is 16.6 Å². The lowest BCUT2D eigenvalue weighted by Gasteiger charge is -2.35. The van der Waals surface area contributed by atoms with Crippen molar-refractivity contribution in [2.24, 2.45) is 0 Å². The van der Waals surface area contributed by atoms with Crippen molar-refractivity contribution < 1.29 is 9.18 Å². The highest BCUT2D eigenvalue weighted by Crippen LogP contribution is 2.23. The average molecular weight is 476 g/mol. The molecule has 2 aromatic heterocycles. The number of piperazine rings is 1. The zero-order valence-electron chi connectivity index (χ0n) is 18.3. The maximum Gasteiger partial charge on any atom is 0.266 e. The monoisotopic (exact) mass is 475 g/mol. The summed E-state index contributed by atoms with van der Waals surface area (Å²) in [6, 6.07) is 18.8. The summed E-state index contributed by atoms with van der Waals surface area (Å²) in [5.74, 6) is 0.426. The van der Waals surface area contributed by atoms with Gasteiger partial charge in [0.05, 0.1) is 22.3 Å². The Morgan fingerprint density at radius 2 is 1.68 bits per heavy atom. The van der Waals surface area contributed by atoms with E-state index in [4.69, 9.17) is 0 Å². The highest BCUT2D eigenvalue weighted by atomic mass is 32.2. The number of pyridine rings is 1. The lowest BCUT2D eigenvalue weighted by atomic mass is 10.2. The molecule has 0 saturated carbocycles. The van der Waals surface area contributed by atoms with Crippen LogP contribution in [0, 0.1) is 5.82 Å². The minimum absolute atomic E-state index is 0.0480. The molecule has 3 heterocycles. The first-order chi connectivity index (χ1) is 16.6. The summed E-state index contributed by atoms with van der Waals surface area (Å²) < 4.78 is 15.9. The lowest BCUT2D eigenvalue weighted by Crippen LogP contribution is -2.49. The number of hydrogen-bond acceptors (Lipinski definition) is 6. The first-order valence-electron chi connectivity index (χ1n) is 10.9. The quantitative estimate of drug-likeness (QED) is 0.326. The van der Waals surface area contributed by atoms with Gasteiger partial charge in [0, 0.05) is 32.4 Å². The second-order valence-corrected chi connectivity index (χ2v) is 8.79. The van der Waals surface area contributed by atoms with E-state index in [0.717, 1.165) is 17.6 Å². The molecular weight excluding hydrogens is 453 g/mol. The summed E-state index contributed by atoms with van der Waals surface area (Å²) in [7, 11) is 0. The standard InChI is InChI=1S/C25H22FN5O2S/c26-19-8-2-4-10-21(19)31-24(33)18-7-1-3-9-20(18)28-25(31)34-17-23(32)30-15-13-29(14-16-30)22-11-5-6-12-27-22/h1-12H,13-17H2. The summed E-state index contributed by atoms with van der Waals surface area (Å²) >= 11 is 1.15. The summed E-state index contributed by atoms with van der Waals surface area (Å²) in [4.78, 5) is 39.1. The number of hydrogen-bond donors (Lipinski definition) is 0. The third-order valence-corrected chi connectivity index (χ3v) is 6.69. The van der Waals surface area contributed by atoms with Crippen molar-refractivity contribution in [2.75, 3.05) is 36.8 Å². The molecule has 0 radical (unpaired) electrons. The minimum atomic E-state index is -0.527. The van der Waals surface area contributed by atoms with E-state index in [9.17, 15) is 14.0 Å². The van der Waals surface area contributed by atoms with Gasteiger partial charge >= 0.3 is 0 Å². The predicted octanol–water partition coefficient (Wildman–Crippen LogP) is 3.36. The van der Waals surface area contributed by atoms with Crippen LogP contribution in [0.3, 0.4) is 0 Å². The molecular formula is C25H22FN5O2S. The Bertz CT molecular complexity index is 1390. The fraction of sp³-hybridized carbons (Fsp3) is 0.200. The third kappa shape index (κ3) is 4.38. The molecule has 0 N–H and O–H groups in total. The van der Waals surface area contributed by atoms with E-state index in [0.29, 0.717) is 37.1 Å². The molecule has 0 unspecified atom stereocenters. The number of aromatic nitrogens is 3. The minimum Gasteiger partial charge on any atom is -0.353 e. The average Bonchev–Trinajstić information content (AvgIpc) is 2.89. The number of benzene rings is 2. The van der Waals surface area contributed by atoms with Crippen LogP contribution in [0.15, 0.2) is 82.9 Å². The maximum absolute atomic E-state index is 14.6. The zero-order chi connectivity index (χ0) is 23.5. The van der Waals surface area contributed by atoms with Gasteiger partial charge in [0.15, 0.2) is 5.16 Å². The number of halogens is 1. The van der Waals surface area contributed by atoms with E-state index in [1.54, 1.807) is 47.5 Å². The molecule has 34 heavy (non-hydrogen) atoms. The Kier molecular flexibility index (Phi) is 6.27. The molecule has 1 fully saturated rings. The van der Waals surface area contributed by atoms with Crippen molar-refractivity contribution in [1.82, 2.24) is 19.4 Å². The van der Waals surface area contributed by atoms with Crippen LogP contribution in [-0.4, -0.2) is 57.3 Å². The molecule has 0 atom stereocenters. The molecule has 7 nitrogen and oxygen atoms in total. The van der Waals surface area contributed by atoms with Crippen molar-refractivity contribution in [3.63, 3.8) is 0 Å². The molecule has 0 spiro atoms. The Labute approximate surface area is 199 Å². The van der Waals surface area contributed by atoms with Crippen LogP contribution < -0.4 is 10.5 Å². The molecule has 5 rings (SSSR count). The number of carbonyl (C=O) groups excluding carboxylic acids is 1. The van der Waals surface area contributed by atoms with Crippen molar-refractivity contribution in [2.45, 2.75) is 5.16 Å². The van der Waals surface area contributed by atoms with E-state index in [2.05, 4.69) is 14.9 Å². The van der Waals surface area contributed by atoms with Gasteiger partial charge in [-0.2, -0.15) is 0 Å². The SMILES string of the molecule is O=C(CSc1nc2ccccc2c(=O)n1-c1ccccc1F)N1CCN(c2ccccn2)CC1. The molecule has 2 aromatic carbocycles. The van der Waals surface area contributed by atoms with Crippen LogP contribution in [0.4, 0.5) is 10.2 Å². The Balaban J connectivity index is 1.36. The number of anilines is 1. The highest BCUT2D eigenvalue weighted by molar-refractivity contribution is 7.99. The zero-order valence-corrected chi connectivity index (χ0v) is 19.1. The van der Waals surface area contributed by atoms with Gasteiger partial charge in [-0.05, 0) is 36.4 Å². The van der Waals surface area contributed by atoms with Crippen LogP contribution >= 0.6 is 11.8 Å². The number of carbonyl (C=O) groups is 1. The van der Waals surface area contributed by atoms with Crippen LogP contribution in [0.1, 0.15) is 0 Å². The maximum atomic E-state index is 14.6. The number of nitrogens with zero attached hydrogens (tertiary/aromatic N) is 5. The molecule has 1 aliphatic rings. The van der Waals surface area contributed by atoms with E-state index in [-0.39, 0.29) is 28.1 Å². The molecule has 0 aliphatic carbocycles. The van der Waals surface area contributed by atoms with Crippen LogP contribution in [0.5, 0.6) is 0 Å².